The van der Waals surface area contributed by atoms with E-state index in [0.717, 1.165) is 22.5 Å². The smallest absolute Gasteiger partial charge is 0.240 e. The molecule has 0 saturated heterocycles. The van der Waals surface area contributed by atoms with Gasteiger partial charge in [0.25, 0.3) is 0 Å². The molecule has 1 N–H and O–H groups in total. The van der Waals surface area contributed by atoms with Crippen LogP contribution in [0.4, 0.5) is 5.82 Å². The fourth-order valence-electron chi connectivity index (χ4n) is 2.76. The summed E-state index contributed by atoms with van der Waals surface area (Å²) in [5.74, 6) is 0.116. The number of aryl methyl sites for hydroxylation is 1. The van der Waals surface area contributed by atoms with E-state index >= 15 is 0 Å². The Balaban J connectivity index is 1.74. The van der Waals surface area contributed by atoms with Gasteiger partial charge in [0.1, 0.15) is 11.7 Å². The topological polar surface area (TPSA) is 59.8 Å². The van der Waals surface area contributed by atoms with E-state index < -0.39 is 0 Å². The molecule has 0 fully saturated rings. The van der Waals surface area contributed by atoms with Crippen LogP contribution >= 0.6 is 22.9 Å². The van der Waals surface area contributed by atoms with Crippen molar-refractivity contribution in [3.63, 3.8) is 0 Å². The van der Waals surface area contributed by atoms with Gasteiger partial charge in [-0.25, -0.2) is 4.98 Å². The monoisotopic (exact) mass is 408 g/mol. The standard InChI is InChI=1S/C21H17ClN4OS/c1-14-7-9-16(10-8-14)18-13-28-21(23-18)26-19(24-20(27)12-22)11-17(25-26)15-5-3-2-4-6-15/h2-11,13H,12H2,1H3,(H,24,27). The van der Waals surface area contributed by atoms with Crippen LogP contribution in [0.3, 0.4) is 0 Å². The number of amides is 1. The van der Waals surface area contributed by atoms with Crippen molar-refractivity contribution in [2.75, 3.05) is 11.2 Å². The molecule has 0 bridgehead atoms. The van der Waals surface area contributed by atoms with Crippen LogP contribution in [-0.2, 0) is 4.79 Å². The van der Waals surface area contributed by atoms with Gasteiger partial charge < -0.3 is 5.32 Å². The molecule has 2 aromatic carbocycles. The Morgan fingerprint density at radius 1 is 1.07 bits per heavy atom. The first-order valence-corrected chi connectivity index (χ1v) is 10.1. The number of hydrogen-bond acceptors (Lipinski definition) is 4. The molecule has 0 saturated carbocycles. The lowest BCUT2D eigenvalue weighted by molar-refractivity contribution is -0.114. The predicted molar refractivity (Wildman–Crippen MR) is 114 cm³/mol. The Bertz CT molecular complexity index is 1100. The maximum atomic E-state index is 11.9. The van der Waals surface area contributed by atoms with Crippen molar-refractivity contribution in [2.24, 2.45) is 0 Å². The largest absolute Gasteiger partial charge is 0.309 e. The molecule has 2 heterocycles. The normalized spacial score (nSPS) is 10.8. The Labute approximate surface area is 171 Å². The first-order chi connectivity index (χ1) is 13.6. The number of carbonyl (C=O) groups excluding carboxylic acids is 1. The van der Waals surface area contributed by atoms with Crippen molar-refractivity contribution >= 4 is 34.7 Å². The van der Waals surface area contributed by atoms with E-state index in [1.807, 2.05) is 53.9 Å². The van der Waals surface area contributed by atoms with Gasteiger partial charge in [0.05, 0.1) is 11.4 Å². The molecule has 5 nitrogen and oxygen atoms in total. The summed E-state index contributed by atoms with van der Waals surface area (Å²) in [7, 11) is 0. The molecule has 0 aliphatic carbocycles. The fraction of sp³-hybridized carbons (Fsp3) is 0.0952. The lowest BCUT2D eigenvalue weighted by atomic mass is 10.1. The van der Waals surface area contributed by atoms with Crippen LogP contribution < -0.4 is 5.32 Å². The summed E-state index contributed by atoms with van der Waals surface area (Å²) < 4.78 is 1.65. The fourth-order valence-corrected chi connectivity index (χ4v) is 3.62. The molecule has 4 rings (SSSR count). The highest BCUT2D eigenvalue weighted by Gasteiger charge is 2.16. The molecular formula is C21H17ClN4OS. The van der Waals surface area contributed by atoms with E-state index in [1.54, 1.807) is 4.68 Å². The third-order valence-electron chi connectivity index (χ3n) is 4.19. The van der Waals surface area contributed by atoms with Crippen LogP contribution in [0.15, 0.2) is 66.0 Å². The zero-order chi connectivity index (χ0) is 19.5. The molecular weight excluding hydrogens is 392 g/mol. The van der Waals surface area contributed by atoms with Crippen molar-refractivity contribution < 1.29 is 4.79 Å². The summed E-state index contributed by atoms with van der Waals surface area (Å²) in [6.45, 7) is 2.05. The van der Waals surface area contributed by atoms with Crippen LogP contribution in [0.1, 0.15) is 5.56 Å². The second-order valence-corrected chi connectivity index (χ2v) is 7.36. The van der Waals surface area contributed by atoms with Gasteiger partial charge in [-0.15, -0.1) is 22.9 Å². The van der Waals surface area contributed by atoms with Gasteiger partial charge in [-0.2, -0.15) is 9.78 Å². The highest BCUT2D eigenvalue weighted by molar-refractivity contribution is 7.12. The number of carbonyl (C=O) groups is 1. The van der Waals surface area contributed by atoms with E-state index in [4.69, 9.17) is 16.6 Å². The van der Waals surface area contributed by atoms with Gasteiger partial charge in [-0.3, -0.25) is 4.79 Å². The molecule has 0 aliphatic rings. The van der Waals surface area contributed by atoms with E-state index in [-0.39, 0.29) is 11.8 Å². The average molecular weight is 409 g/mol. The molecule has 0 radical (unpaired) electrons. The van der Waals surface area contributed by atoms with Gasteiger partial charge in [-0.1, -0.05) is 60.2 Å². The molecule has 0 spiro atoms. The molecule has 1 amide bonds. The number of benzene rings is 2. The molecule has 2 aromatic heterocycles. The van der Waals surface area contributed by atoms with Gasteiger partial charge >= 0.3 is 0 Å². The number of alkyl halides is 1. The summed E-state index contributed by atoms with van der Waals surface area (Å²) in [6, 6.07) is 19.8. The summed E-state index contributed by atoms with van der Waals surface area (Å²) >= 11 is 7.13. The first kappa shape index (κ1) is 18.4. The van der Waals surface area contributed by atoms with Crippen LogP contribution in [0.5, 0.6) is 0 Å². The predicted octanol–water partition coefficient (Wildman–Crippen LogP) is 5.15. The molecule has 0 atom stereocenters. The van der Waals surface area contributed by atoms with Crippen LogP contribution in [0, 0.1) is 6.92 Å². The maximum Gasteiger partial charge on any atom is 0.240 e. The number of halogens is 1. The minimum Gasteiger partial charge on any atom is -0.309 e. The second-order valence-electron chi connectivity index (χ2n) is 6.26. The molecule has 0 aliphatic heterocycles. The van der Waals surface area contributed by atoms with Gasteiger partial charge in [0.15, 0.2) is 0 Å². The zero-order valence-electron chi connectivity index (χ0n) is 15.1. The van der Waals surface area contributed by atoms with Gasteiger partial charge in [-0.05, 0) is 6.92 Å². The third kappa shape index (κ3) is 3.83. The Kier molecular flexibility index (Phi) is 5.23. The van der Waals surface area contributed by atoms with Crippen LogP contribution in [0.25, 0.3) is 27.6 Å². The van der Waals surface area contributed by atoms with Crippen molar-refractivity contribution in [1.29, 1.82) is 0 Å². The summed E-state index contributed by atoms with van der Waals surface area (Å²) in [6.07, 6.45) is 0. The second kappa shape index (κ2) is 7.96. The lowest BCUT2D eigenvalue weighted by Gasteiger charge is -2.04. The number of aromatic nitrogens is 3. The van der Waals surface area contributed by atoms with Gasteiger partial charge in [0, 0.05) is 22.6 Å². The summed E-state index contributed by atoms with van der Waals surface area (Å²) in [4.78, 5) is 16.6. The Morgan fingerprint density at radius 3 is 2.50 bits per heavy atom. The quantitative estimate of drug-likeness (QED) is 0.464. The van der Waals surface area contributed by atoms with E-state index in [1.165, 1.54) is 16.9 Å². The number of nitrogens with one attached hydrogen (secondary N) is 1. The van der Waals surface area contributed by atoms with Crippen molar-refractivity contribution in [1.82, 2.24) is 14.8 Å². The number of rotatable bonds is 5. The van der Waals surface area contributed by atoms with Crippen molar-refractivity contribution in [3.8, 4) is 27.6 Å². The van der Waals surface area contributed by atoms with Crippen LogP contribution in [-0.4, -0.2) is 26.6 Å². The Hall–Kier alpha value is -2.96. The number of thiazole rings is 1. The Morgan fingerprint density at radius 2 is 1.79 bits per heavy atom. The SMILES string of the molecule is Cc1ccc(-c2csc(-n3nc(-c4ccccc4)cc3NC(=O)CCl)n2)cc1. The number of hydrogen-bond donors (Lipinski definition) is 1. The van der Waals surface area contributed by atoms with E-state index in [2.05, 4.69) is 29.5 Å². The average Bonchev–Trinajstić information content (AvgIpc) is 3.36. The number of anilines is 1. The highest BCUT2D eigenvalue weighted by Crippen LogP contribution is 2.29. The lowest BCUT2D eigenvalue weighted by Crippen LogP contribution is -2.15. The van der Waals surface area contributed by atoms with Crippen molar-refractivity contribution in [3.05, 3.63) is 71.6 Å². The number of nitrogens with zero attached hydrogens (tertiary/aromatic N) is 3. The molecule has 7 heteroatoms. The van der Waals surface area contributed by atoms with Gasteiger partial charge in [0.2, 0.25) is 11.0 Å². The minimum absolute atomic E-state index is 0.127. The van der Waals surface area contributed by atoms with E-state index in [0.29, 0.717) is 10.9 Å². The summed E-state index contributed by atoms with van der Waals surface area (Å²) in [5, 5.41) is 10.1. The highest BCUT2D eigenvalue weighted by atomic mass is 35.5. The van der Waals surface area contributed by atoms with Crippen LogP contribution in [0.2, 0.25) is 0 Å². The third-order valence-corrected chi connectivity index (χ3v) is 5.25. The van der Waals surface area contributed by atoms with Crippen molar-refractivity contribution in [2.45, 2.75) is 6.92 Å². The first-order valence-electron chi connectivity index (χ1n) is 8.68. The van der Waals surface area contributed by atoms with E-state index in [9.17, 15) is 4.79 Å². The molecule has 28 heavy (non-hydrogen) atoms. The zero-order valence-corrected chi connectivity index (χ0v) is 16.7. The molecule has 4 aromatic rings. The summed E-state index contributed by atoms with van der Waals surface area (Å²) in [5.41, 5.74) is 4.81. The molecule has 0 unspecified atom stereocenters. The maximum absolute atomic E-state index is 11.9. The minimum atomic E-state index is -0.294. The molecule has 140 valence electrons.